The molecule has 0 aliphatic heterocycles. The second-order valence-electron chi connectivity index (χ2n) is 9.27. The van der Waals surface area contributed by atoms with Crippen LogP contribution in [-0.2, 0) is 33.2 Å². The molecule has 3 rings (SSSR count). The minimum atomic E-state index is -5.18. The molecular formula is C28H23Cl2F6N3O6. The zero-order chi connectivity index (χ0) is 32.8. The first kappa shape index (κ1) is 36.8. The Labute approximate surface area is 262 Å². The molecule has 2 amide bonds. The van der Waals surface area contributed by atoms with Crippen LogP contribution in [0, 0.1) is 0 Å². The van der Waals surface area contributed by atoms with Gasteiger partial charge >= 0.3 is 24.3 Å². The van der Waals surface area contributed by atoms with Crippen LogP contribution in [0.1, 0.15) is 33.5 Å². The summed E-state index contributed by atoms with van der Waals surface area (Å²) < 4.78 is 84.9. The number of carboxylic acid groups (broad SMARTS) is 1. The number of alkyl halides is 6. The highest BCUT2D eigenvalue weighted by atomic mass is 35.5. The molecule has 9 nitrogen and oxygen atoms in total. The van der Waals surface area contributed by atoms with E-state index in [1.165, 1.54) is 6.07 Å². The summed E-state index contributed by atoms with van der Waals surface area (Å²) in [5.74, 6) is -5.35. The van der Waals surface area contributed by atoms with E-state index in [4.69, 9.17) is 27.2 Å². The smallest absolute Gasteiger partial charge is 0.416 e. The van der Waals surface area contributed by atoms with Gasteiger partial charge in [-0.25, -0.2) is 4.79 Å². The number of hydrogen-bond donors (Lipinski definition) is 4. The van der Waals surface area contributed by atoms with Gasteiger partial charge in [-0.1, -0.05) is 41.9 Å². The van der Waals surface area contributed by atoms with E-state index in [9.17, 15) is 45.5 Å². The van der Waals surface area contributed by atoms with Gasteiger partial charge in [-0.05, 0) is 42.0 Å². The number of nitrogens with one attached hydrogen (secondary N) is 2. The minimum Gasteiger partial charge on any atom is -0.481 e. The number of hydrogen-bond acceptors (Lipinski definition) is 6. The number of amides is 2. The van der Waals surface area contributed by atoms with Gasteiger partial charge in [0.05, 0.1) is 29.2 Å². The summed E-state index contributed by atoms with van der Waals surface area (Å²) in [6.07, 6.45) is -11.3. The summed E-state index contributed by atoms with van der Waals surface area (Å²) in [7, 11) is 0. The molecule has 0 heterocycles. The number of benzene rings is 3. The predicted molar refractivity (Wildman–Crippen MR) is 151 cm³/mol. The van der Waals surface area contributed by atoms with Crippen molar-refractivity contribution in [2.75, 3.05) is 5.32 Å². The Morgan fingerprint density at radius 2 is 1.47 bits per heavy atom. The van der Waals surface area contributed by atoms with Crippen LogP contribution in [0.25, 0.3) is 0 Å². The van der Waals surface area contributed by atoms with E-state index < -0.39 is 82.7 Å². The molecule has 5 N–H and O–H groups in total. The van der Waals surface area contributed by atoms with Crippen molar-refractivity contribution < 1.29 is 55.4 Å². The maximum absolute atomic E-state index is 13.3. The third kappa shape index (κ3) is 10.7. The van der Waals surface area contributed by atoms with Crippen LogP contribution in [0.4, 0.5) is 32.0 Å². The topological polar surface area (TPSA) is 148 Å². The van der Waals surface area contributed by atoms with E-state index in [0.29, 0.717) is 5.56 Å². The van der Waals surface area contributed by atoms with Crippen molar-refractivity contribution in [1.29, 1.82) is 0 Å². The van der Waals surface area contributed by atoms with Crippen molar-refractivity contribution in [3.63, 3.8) is 0 Å². The Bertz CT molecular complexity index is 1520. The van der Waals surface area contributed by atoms with Crippen LogP contribution in [0.2, 0.25) is 5.02 Å². The van der Waals surface area contributed by atoms with Gasteiger partial charge in [0, 0.05) is 17.1 Å². The number of anilines is 1. The number of esters is 1. The fourth-order valence-corrected chi connectivity index (χ4v) is 3.95. The Morgan fingerprint density at radius 1 is 0.889 bits per heavy atom. The Kier molecular flexibility index (Phi) is 12.4. The Balaban J connectivity index is 0.00000705. The molecule has 242 valence electrons. The van der Waals surface area contributed by atoms with Gasteiger partial charge in [-0.3, -0.25) is 14.4 Å². The summed E-state index contributed by atoms with van der Waals surface area (Å²) in [6.45, 7) is 0. The van der Waals surface area contributed by atoms with Gasteiger partial charge in [0.15, 0.2) is 0 Å². The molecule has 0 saturated carbocycles. The van der Waals surface area contributed by atoms with E-state index in [2.05, 4.69) is 5.32 Å². The molecule has 0 aliphatic carbocycles. The molecule has 0 aliphatic rings. The molecule has 2 atom stereocenters. The van der Waals surface area contributed by atoms with Crippen LogP contribution < -0.4 is 21.1 Å². The van der Waals surface area contributed by atoms with Crippen molar-refractivity contribution >= 4 is 53.4 Å². The van der Waals surface area contributed by atoms with E-state index in [-0.39, 0.29) is 42.0 Å². The van der Waals surface area contributed by atoms with Crippen LogP contribution in [0.3, 0.4) is 0 Å². The fourth-order valence-electron chi connectivity index (χ4n) is 3.78. The summed E-state index contributed by atoms with van der Waals surface area (Å²) in [5.41, 5.74) is 1.34. The van der Waals surface area contributed by atoms with Gasteiger partial charge in [0.25, 0.3) is 5.91 Å². The third-order valence-electron chi connectivity index (χ3n) is 5.86. The first-order chi connectivity index (χ1) is 20.4. The molecule has 3 aromatic rings. The zero-order valence-corrected chi connectivity index (χ0v) is 24.1. The van der Waals surface area contributed by atoms with Crippen LogP contribution in [-0.4, -0.2) is 40.9 Å². The van der Waals surface area contributed by atoms with E-state index in [1.54, 1.807) is 30.3 Å². The van der Waals surface area contributed by atoms with E-state index >= 15 is 0 Å². The van der Waals surface area contributed by atoms with Crippen molar-refractivity contribution in [3.05, 3.63) is 94.0 Å². The number of rotatable bonds is 10. The van der Waals surface area contributed by atoms with Crippen LogP contribution in [0.15, 0.2) is 66.7 Å². The lowest BCUT2D eigenvalue weighted by Gasteiger charge is -2.20. The monoisotopic (exact) mass is 681 g/mol. The van der Waals surface area contributed by atoms with Gasteiger partial charge in [-0.15, -0.1) is 12.4 Å². The summed E-state index contributed by atoms with van der Waals surface area (Å²) in [6, 6.07) is 8.77. The van der Waals surface area contributed by atoms with Crippen molar-refractivity contribution in [2.45, 2.75) is 37.3 Å². The highest BCUT2D eigenvalue weighted by Gasteiger charge is 2.37. The van der Waals surface area contributed by atoms with Gasteiger partial charge in [-0.2, -0.15) is 26.3 Å². The molecule has 0 radical (unpaired) electrons. The van der Waals surface area contributed by atoms with Crippen molar-refractivity contribution in [3.8, 4) is 5.75 Å². The summed E-state index contributed by atoms with van der Waals surface area (Å²) in [5, 5.41) is 13.0. The van der Waals surface area contributed by atoms with E-state index in [1.807, 2.05) is 5.32 Å². The average Bonchev–Trinajstić information content (AvgIpc) is 2.92. The van der Waals surface area contributed by atoms with Gasteiger partial charge in [0.1, 0.15) is 11.8 Å². The number of ether oxygens (including phenoxy) is 1. The highest BCUT2D eigenvalue weighted by molar-refractivity contribution is 6.31. The predicted octanol–water partition coefficient (Wildman–Crippen LogP) is 5.49. The number of carbonyl (C=O) groups excluding carboxylic acids is 3. The second-order valence-corrected chi connectivity index (χ2v) is 9.70. The Morgan fingerprint density at radius 3 is 2.00 bits per heavy atom. The normalized spacial score (nSPS) is 12.7. The minimum absolute atomic E-state index is 0. The summed E-state index contributed by atoms with van der Waals surface area (Å²) >= 11 is 5.95. The first-order valence-electron chi connectivity index (χ1n) is 12.4. The van der Waals surface area contributed by atoms with Crippen LogP contribution >= 0.6 is 24.0 Å². The first-order valence-corrected chi connectivity index (χ1v) is 12.8. The maximum Gasteiger partial charge on any atom is 0.416 e. The largest absolute Gasteiger partial charge is 0.481 e. The lowest BCUT2D eigenvalue weighted by Crippen LogP contribution is -2.51. The van der Waals surface area contributed by atoms with Crippen molar-refractivity contribution in [1.82, 2.24) is 5.32 Å². The summed E-state index contributed by atoms with van der Waals surface area (Å²) in [4.78, 5) is 49.7. The second kappa shape index (κ2) is 15.1. The number of nitrogens with two attached hydrogens (primary N) is 1. The number of carboxylic acids is 1. The molecule has 45 heavy (non-hydrogen) atoms. The molecule has 17 heteroatoms. The quantitative estimate of drug-likeness (QED) is 0.126. The fraction of sp³-hybridized carbons (Fsp3) is 0.214. The number of carbonyl (C=O) groups is 4. The van der Waals surface area contributed by atoms with Crippen LogP contribution in [0.5, 0.6) is 5.75 Å². The molecule has 3 aromatic carbocycles. The third-order valence-corrected chi connectivity index (χ3v) is 6.09. The molecular weight excluding hydrogens is 659 g/mol. The molecule has 0 saturated heterocycles. The van der Waals surface area contributed by atoms with E-state index in [0.717, 1.165) is 12.1 Å². The van der Waals surface area contributed by atoms with Gasteiger partial charge < -0.3 is 26.2 Å². The zero-order valence-electron chi connectivity index (χ0n) is 22.5. The lowest BCUT2D eigenvalue weighted by atomic mass is 10.0. The lowest BCUT2D eigenvalue weighted by molar-refractivity contribution is -0.143. The molecule has 0 fully saturated rings. The molecule has 0 bridgehead atoms. The Hall–Kier alpha value is -4.34. The van der Waals surface area contributed by atoms with Gasteiger partial charge in [0.2, 0.25) is 5.91 Å². The molecule has 0 spiro atoms. The standard InChI is InChI=1S/C28H22ClF6N3O6.ClH/c29-17-6-7-22(19(12-17)24(41)37-18-10-15(27(30,31)32)9-16(11-18)28(33,34)35)44-26(43)21(8-14-4-2-1-3-5-14)38-25(42)20(36)13-23(39)40;/h1-7,9-12,20-21H,8,13,36H2,(H,37,41)(H,38,42)(H,39,40);1H/t20-,21-;/m0./s1. The average molecular weight is 682 g/mol. The highest BCUT2D eigenvalue weighted by Crippen LogP contribution is 2.38. The maximum atomic E-state index is 13.3. The molecule has 0 aromatic heterocycles. The number of halogens is 8. The van der Waals surface area contributed by atoms with Crippen molar-refractivity contribution in [2.24, 2.45) is 5.73 Å². The SMILES string of the molecule is Cl.N[C@@H](CC(=O)O)C(=O)N[C@@H](Cc1ccccc1)C(=O)Oc1ccc(Cl)cc1C(=O)Nc1cc(C(F)(F)F)cc(C(F)(F)F)c1. The molecule has 0 unspecified atom stereocenters. The number of aliphatic carboxylic acids is 1.